The number of anilines is 1. The minimum absolute atomic E-state index is 0.0363. The van der Waals surface area contributed by atoms with Crippen LogP contribution in [0.25, 0.3) is 10.8 Å². The van der Waals surface area contributed by atoms with Crippen molar-refractivity contribution in [1.82, 2.24) is 0 Å². The zero-order valence-corrected chi connectivity index (χ0v) is 21.1. The highest BCUT2D eigenvalue weighted by Gasteiger charge is 2.59. The van der Waals surface area contributed by atoms with Crippen molar-refractivity contribution in [3.05, 3.63) is 101 Å². The molecule has 6 heteroatoms. The molecule has 0 amide bonds. The minimum atomic E-state index is -1.03. The topological polar surface area (TPSA) is 68.2 Å². The summed E-state index contributed by atoms with van der Waals surface area (Å²) >= 11 is 0. The summed E-state index contributed by atoms with van der Waals surface area (Å²) in [6.07, 6.45) is 1.82. The van der Waals surface area contributed by atoms with E-state index in [0.29, 0.717) is 28.1 Å². The number of ether oxygens (including phenoxy) is 2. The molecule has 0 saturated carbocycles. The third-order valence-corrected chi connectivity index (χ3v) is 7.73. The number of likely N-dealkylation sites (N-methyl/N-ethyl adjacent to an activating group) is 1. The molecule has 2 aliphatic heterocycles. The highest BCUT2D eigenvalue weighted by Crippen LogP contribution is 2.55. The fourth-order valence-electron chi connectivity index (χ4n) is 5.60. The highest BCUT2D eigenvalue weighted by atomic mass is 16.5. The maximum absolute atomic E-state index is 13.2. The van der Waals surface area contributed by atoms with Gasteiger partial charge in [0, 0.05) is 29.2 Å². The largest absolute Gasteiger partial charge is 0.465 e. The van der Waals surface area contributed by atoms with Gasteiger partial charge in [-0.15, -0.1) is 0 Å². The van der Waals surface area contributed by atoms with Crippen LogP contribution in [0.5, 0.6) is 5.75 Å². The van der Waals surface area contributed by atoms with Gasteiger partial charge in [0.1, 0.15) is 11.3 Å². The van der Waals surface area contributed by atoms with Gasteiger partial charge in [0.05, 0.1) is 18.7 Å². The summed E-state index contributed by atoms with van der Waals surface area (Å²) < 4.78 is 11.9. The van der Waals surface area contributed by atoms with Crippen LogP contribution in [0.4, 0.5) is 11.4 Å². The molecule has 1 unspecified atom stereocenters. The number of aliphatic imine (C=N–C) groups is 1. The lowest BCUT2D eigenvalue weighted by Gasteiger charge is -2.45. The van der Waals surface area contributed by atoms with Gasteiger partial charge in [0.15, 0.2) is 11.5 Å². The Hall–Kier alpha value is -4.45. The molecule has 184 valence electrons. The van der Waals surface area contributed by atoms with E-state index in [-0.39, 0.29) is 5.78 Å². The quantitative estimate of drug-likeness (QED) is 0.257. The lowest BCUT2D eigenvalue weighted by Crippen LogP contribution is -2.61. The number of fused-ring (bicyclic) bond motifs is 4. The third-order valence-electron chi connectivity index (χ3n) is 7.73. The molecule has 4 aromatic carbocycles. The van der Waals surface area contributed by atoms with Gasteiger partial charge in [0.2, 0.25) is 5.72 Å². The zero-order valence-electron chi connectivity index (χ0n) is 21.1. The molecule has 0 radical (unpaired) electrons. The standard InChI is InChI=1S/C31H26N2O4/c1-30(2)24-17-21(27(34)19-10-6-5-7-11-19)14-15-25(24)33(3)31(30)18-32-26-22-13-9-8-12-20(22)16-23(28(26)37-31)29(35)36-4/h5-18H,1-4H3. The number of nitrogens with zero attached hydrogens (tertiary/aromatic N) is 2. The van der Waals surface area contributed by atoms with Crippen LogP contribution in [0.3, 0.4) is 0 Å². The Labute approximate surface area is 215 Å². The van der Waals surface area contributed by atoms with Crippen LogP contribution in [0.15, 0.2) is 83.9 Å². The van der Waals surface area contributed by atoms with Gasteiger partial charge in [-0.05, 0) is 49.1 Å². The molecular formula is C31H26N2O4. The minimum Gasteiger partial charge on any atom is -0.465 e. The summed E-state index contributed by atoms with van der Waals surface area (Å²) in [6, 6.07) is 24.6. The van der Waals surface area contributed by atoms with Gasteiger partial charge < -0.3 is 14.4 Å². The van der Waals surface area contributed by atoms with Crippen molar-refractivity contribution < 1.29 is 19.1 Å². The summed E-state index contributed by atoms with van der Waals surface area (Å²) in [4.78, 5) is 33.0. The number of carbonyl (C=O) groups excluding carboxylic acids is 2. The summed E-state index contributed by atoms with van der Waals surface area (Å²) in [5.41, 5.74) is 2.43. The zero-order chi connectivity index (χ0) is 25.9. The number of methoxy groups -OCH3 is 1. The van der Waals surface area contributed by atoms with Crippen LogP contribution in [0, 0.1) is 0 Å². The van der Waals surface area contributed by atoms with Gasteiger partial charge >= 0.3 is 5.97 Å². The molecule has 4 aromatic rings. The summed E-state index contributed by atoms with van der Waals surface area (Å²) in [6.45, 7) is 4.14. The SMILES string of the molecule is COC(=O)c1cc2ccccc2c2c1OC1(C=N2)N(C)c2ccc(C(=O)c3ccccc3)cc2C1(C)C. The van der Waals surface area contributed by atoms with Gasteiger partial charge in [-0.2, -0.15) is 0 Å². The van der Waals surface area contributed by atoms with Crippen molar-refractivity contribution >= 4 is 40.1 Å². The molecule has 0 aliphatic carbocycles. The fraction of sp³-hybridized carbons (Fsp3) is 0.194. The summed E-state index contributed by atoms with van der Waals surface area (Å²) in [5, 5.41) is 1.77. The summed E-state index contributed by atoms with van der Waals surface area (Å²) in [7, 11) is 3.31. The van der Waals surface area contributed by atoms with Gasteiger partial charge in [-0.1, -0.05) is 54.6 Å². The predicted octanol–water partition coefficient (Wildman–Crippen LogP) is 6.08. The van der Waals surface area contributed by atoms with Crippen LogP contribution in [-0.2, 0) is 10.2 Å². The monoisotopic (exact) mass is 490 g/mol. The van der Waals surface area contributed by atoms with Crippen molar-refractivity contribution in [2.75, 3.05) is 19.1 Å². The first kappa shape index (κ1) is 23.0. The Bertz CT molecular complexity index is 1620. The van der Waals surface area contributed by atoms with Crippen LogP contribution in [-0.4, -0.2) is 37.8 Å². The number of hydrogen-bond acceptors (Lipinski definition) is 6. The van der Waals surface area contributed by atoms with Crippen molar-refractivity contribution in [1.29, 1.82) is 0 Å². The van der Waals surface area contributed by atoms with Crippen molar-refractivity contribution in [2.45, 2.75) is 25.0 Å². The van der Waals surface area contributed by atoms with E-state index in [9.17, 15) is 9.59 Å². The molecule has 6 rings (SSSR count). The van der Waals surface area contributed by atoms with Gasteiger partial charge in [0.25, 0.3) is 0 Å². The van der Waals surface area contributed by atoms with E-state index in [0.717, 1.165) is 22.0 Å². The van der Waals surface area contributed by atoms with Crippen LogP contribution in [0.1, 0.15) is 45.7 Å². The van der Waals surface area contributed by atoms with Crippen molar-refractivity contribution in [3.63, 3.8) is 0 Å². The Morgan fingerprint density at radius 2 is 1.65 bits per heavy atom. The van der Waals surface area contributed by atoms with Crippen LogP contribution < -0.4 is 9.64 Å². The number of esters is 1. The second-order valence-electron chi connectivity index (χ2n) is 9.98. The molecule has 37 heavy (non-hydrogen) atoms. The second kappa shape index (κ2) is 8.03. The Balaban J connectivity index is 1.50. The van der Waals surface area contributed by atoms with Gasteiger partial charge in [-0.3, -0.25) is 9.79 Å². The Morgan fingerprint density at radius 3 is 2.41 bits per heavy atom. The molecular weight excluding hydrogens is 464 g/mol. The fourth-order valence-corrected chi connectivity index (χ4v) is 5.60. The molecule has 1 spiro atoms. The van der Waals surface area contributed by atoms with E-state index < -0.39 is 17.1 Å². The lowest BCUT2D eigenvalue weighted by molar-refractivity contribution is 0.0563. The maximum Gasteiger partial charge on any atom is 0.341 e. The van der Waals surface area contributed by atoms with E-state index >= 15 is 0 Å². The molecule has 2 heterocycles. The molecule has 0 N–H and O–H groups in total. The lowest BCUT2D eigenvalue weighted by atomic mass is 9.77. The van der Waals surface area contributed by atoms with Crippen LogP contribution in [0.2, 0.25) is 0 Å². The van der Waals surface area contributed by atoms with E-state index in [1.54, 1.807) is 6.07 Å². The molecule has 0 saturated heterocycles. The number of rotatable bonds is 3. The first-order valence-corrected chi connectivity index (χ1v) is 12.1. The average molecular weight is 491 g/mol. The summed E-state index contributed by atoms with van der Waals surface area (Å²) in [5.74, 6) is -0.131. The smallest absolute Gasteiger partial charge is 0.341 e. The molecule has 6 nitrogen and oxygen atoms in total. The van der Waals surface area contributed by atoms with Crippen molar-refractivity contribution in [2.24, 2.45) is 4.99 Å². The third kappa shape index (κ3) is 3.15. The van der Waals surface area contributed by atoms with E-state index in [1.807, 2.05) is 91.0 Å². The molecule has 0 aromatic heterocycles. The predicted molar refractivity (Wildman–Crippen MR) is 145 cm³/mol. The molecule has 0 bridgehead atoms. The van der Waals surface area contributed by atoms with E-state index in [1.165, 1.54) is 7.11 Å². The van der Waals surface area contributed by atoms with Crippen molar-refractivity contribution in [3.8, 4) is 5.75 Å². The molecule has 2 aliphatic rings. The first-order chi connectivity index (χ1) is 17.8. The highest BCUT2D eigenvalue weighted by molar-refractivity contribution is 6.10. The van der Waals surface area contributed by atoms with E-state index in [2.05, 4.69) is 13.8 Å². The number of carbonyl (C=O) groups is 2. The average Bonchev–Trinajstić information content (AvgIpc) is 3.09. The number of benzene rings is 4. The van der Waals surface area contributed by atoms with E-state index in [4.69, 9.17) is 14.5 Å². The molecule has 0 fully saturated rings. The Kier molecular flexibility index (Phi) is 4.99. The normalized spacial score (nSPS) is 18.9. The first-order valence-electron chi connectivity index (χ1n) is 12.1. The molecule has 1 atom stereocenters. The van der Waals surface area contributed by atoms with Gasteiger partial charge in [-0.25, -0.2) is 4.79 Å². The number of ketones is 1. The second-order valence-corrected chi connectivity index (χ2v) is 9.98. The maximum atomic E-state index is 13.2. The Morgan fingerprint density at radius 1 is 0.919 bits per heavy atom. The van der Waals surface area contributed by atoms with Crippen LogP contribution >= 0.6 is 0 Å². The number of hydrogen-bond donors (Lipinski definition) is 0.